The predicted molar refractivity (Wildman–Crippen MR) is 119 cm³/mol. The molecule has 32 heavy (non-hydrogen) atoms. The number of pyridine rings is 1. The van der Waals surface area contributed by atoms with Crippen molar-refractivity contribution in [3.8, 4) is 23.5 Å². The molecular formula is C24H26FNO5P+. The van der Waals surface area contributed by atoms with Crippen molar-refractivity contribution in [3.05, 3.63) is 52.6 Å². The third-order valence-electron chi connectivity index (χ3n) is 6.18. The first kappa shape index (κ1) is 24.0. The number of rotatable bonds is 6. The minimum atomic E-state index is -3.55. The van der Waals surface area contributed by atoms with Crippen molar-refractivity contribution in [3.63, 3.8) is 0 Å². The summed E-state index contributed by atoms with van der Waals surface area (Å²) in [6.45, 7) is 4.82. The molecule has 1 heterocycles. The van der Waals surface area contributed by atoms with Gasteiger partial charge in [-0.05, 0) is 77.8 Å². The van der Waals surface area contributed by atoms with Gasteiger partial charge in [0.05, 0.1) is 5.69 Å². The third kappa shape index (κ3) is 3.63. The molecule has 1 aliphatic rings. The average Bonchev–Trinajstić information content (AvgIpc) is 2.73. The molecule has 0 amide bonds. The quantitative estimate of drug-likeness (QED) is 0.440. The number of carbonyl (C=O) groups is 1. The van der Waals surface area contributed by atoms with Crippen molar-refractivity contribution in [2.45, 2.75) is 63.1 Å². The van der Waals surface area contributed by atoms with Gasteiger partial charge in [-0.25, -0.2) is 9.18 Å². The van der Waals surface area contributed by atoms with Gasteiger partial charge in [0.25, 0.3) is 0 Å². The number of nitrogens with zero attached hydrogens (tertiary/aromatic N) is 1. The number of hydrogen-bond acceptors (Lipinski definition) is 4. The van der Waals surface area contributed by atoms with Gasteiger partial charge in [-0.15, -0.1) is 6.42 Å². The molecule has 3 unspecified atom stereocenters. The van der Waals surface area contributed by atoms with E-state index in [1.807, 2.05) is 19.8 Å². The smallest absolute Gasteiger partial charge is 0.477 e. The number of benzene rings is 1. The van der Waals surface area contributed by atoms with Gasteiger partial charge in [0, 0.05) is 11.3 Å². The first-order chi connectivity index (χ1) is 15.0. The second kappa shape index (κ2) is 8.71. The molecule has 168 valence electrons. The molecule has 3 rings (SSSR count). The Hall–Kier alpha value is -2.65. The summed E-state index contributed by atoms with van der Waals surface area (Å²) in [4.78, 5) is 27.1. The summed E-state index contributed by atoms with van der Waals surface area (Å²) in [5.41, 5.74) is 0.722. The standard InChI is InChI=1S/C24H25FNO5P/c1-5-24(22(27)28,32(30)31)23(4,29)20-19(15-10-12-16(25)13-11-15)17-8-6-7-9-18(17)26-21(20)14(2)3/h1,10-14,29H,6-9H2,2-4H3,(H-,27,28,30,31)/p+1. The molecule has 0 fully saturated rings. The summed E-state index contributed by atoms with van der Waals surface area (Å²) >= 11 is 0. The molecule has 6 nitrogen and oxygen atoms in total. The summed E-state index contributed by atoms with van der Waals surface area (Å²) in [5, 5.41) is 18.9. The van der Waals surface area contributed by atoms with Gasteiger partial charge in [0.2, 0.25) is 0 Å². The van der Waals surface area contributed by atoms with E-state index >= 15 is 0 Å². The number of aryl methyl sites for hydroxylation is 1. The highest BCUT2D eigenvalue weighted by atomic mass is 31.1. The van der Waals surface area contributed by atoms with Crippen molar-refractivity contribution in [2.75, 3.05) is 0 Å². The fourth-order valence-electron chi connectivity index (χ4n) is 4.52. The molecule has 0 saturated carbocycles. The zero-order valence-corrected chi connectivity index (χ0v) is 19.1. The number of aliphatic hydroxyl groups is 1. The van der Waals surface area contributed by atoms with Crippen LogP contribution in [0.4, 0.5) is 4.39 Å². The molecule has 3 atom stereocenters. The van der Waals surface area contributed by atoms with Crippen molar-refractivity contribution in [1.82, 2.24) is 4.98 Å². The van der Waals surface area contributed by atoms with Crippen molar-refractivity contribution in [1.29, 1.82) is 0 Å². The fraction of sp³-hybridized carbons (Fsp3) is 0.417. The third-order valence-corrected chi connectivity index (χ3v) is 7.51. The zero-order valence-electron chi connectivity index (χ0n) is 18.2. The van der Waals surface area contributed by atoms with Gasteiger partial charge in [-0.3, -0.25) is 4.98 Å². The van der Waals surface area contributed by atoms with E-state index in [0.29, 0.717) is 29.7 Å². The van der Waals surface area contributed by atoms with Crippen LogP contribution in [0.15, 0.2) is 24.3 Å². The van der Waals surface area contributed by atoms with Crippen LogP contribution in [0.3, 0.4) is 0 Å². The largest absolute Gasteiger partial charge is 0.541 e. The lowest BCUT2D eigenvalue weighted by molar-refractivity contribution is -0.145. The Balaban J connectivity index is 2.53. The summed E-state index contributed by atoms with van der Waals surface area (Å²) in [6, 6.07) is 5.63. The van der Waals surface area contributed by atoms with Gasteiger partial charge in [-0.1, -0.05) is 26.0 Å². The number of carboxylic acids is 1. The van der Waals surface area contributed by atoms with E-state index in [1.54, 1.807) is 12.1 Å². The predicted octanol–water partition coefficient (Wildman–Crippen LogP) is 4.29. The Morgan fingerprint density at radius 1 is 1.25 bits per heavy atom. The molecule has 2 aromatic rings. The number of halogens is 1. The van der Waals surface area contributed by atoms with E-state index in [4.69, 9.17) is 11.4 Å². The Kier molecular flexibility index (Phi) is 6.53. The number of aliphatic carboxylic acids is 1. The van der Waals surface area contributed by atoms with Crippen LogP contribution in [0.1, 0.15) is 62.0 Å². The zero-order chi connectivity index (χ0) is 23.8. The van der Waals surface area contributed by atoms with Crippen molar-refractivity contribution < 1.29 is 28.9 Å². The van der Waals surface area contributed by atoms with Gasteiger partial charge in [0.1, 0.15) is 5.82 Å². The molecule has 0 spiro atoms. The average molecular weight is 458 g/mol. The lowest BCUT2D eigenvalue weighted by Gasteiger charge is -2.35. The van der Waals surface area contributed by atoms with E-state index in [-0.39, 0.29) is 11.5 Å². The monoisotopic (exact) mass is 458 g/mol. The maximum absolute atomic E-state index is 13.7. The Labute approximate surface area is 187 Å². The van der Waals surface area contributed by atoms with Gasteiger partial charge < -0.3 is 10.2 Å². The van der Waals surface area contributed by atoms with E-state index in [9.17, 15) is 28.9 Å². The number of fused-ring (bicyclic) bond motifs is 1. The van der Waals surface area contributed by atoms with Crippen molar-refractivity contribution >= 4 is 14.0 Å². The normalized spacial score (nSPS) is 17.6. The Morgan fingerprint density at radius 3 is 2.34 bits per heavy atom. The van der Waals surface area contributed by atoms with Gasteiger partial charge in [0.15, 0.2) is 5.60 Å². The Morgan fingerprint density at radius 2 is 1.84 bits per heavy atom. The summed E-state index contributed by atoms with van der Waals surface area (Å²) in [7, 11) is -3.55. The number of terminal acetylenes is 1. The topological polar surface area (TPSA) is 108 Å². The van der Waals surface area contributed by atoms with Crippen LogP contribution in [0.5, 0.6) is 0 Å². The minimum Gasteiger partial charge on any atom is -0.477 e. The molecule has 0 aliphatic heterocycles. The maximum atomic E-state index is 13.7. The highest BCUT2D eigenvalue weighted by Crippen LogP contribution is 2.53. The molecule has 1 aliphatic carbocycles. The first-order valence-corrected chi connectivity index (χ1v) is 11.6. The molecule has 3 N–H and O–H groups in total. The van der Waals surface area contributed by atoms with Crippen LogP contribution in [-0.4, -0.2) is 31.2 Å². The van der Waals surface area contributed by atoms with Gasteiger partial charge >= 0.3 is 19.2 Å². The fourth-order valence-corrected chi connectivity index (χ4v) is 5.28. The van der Waals surface area contributed by atoms with Crippen LogP contribution in [0.2, 0.25) is 0 Å². The van der Waals surface area contributed by atoms with Crippen molar-refractivity contribution in [2.24, 2.45) is 0 Å². The lowest BCUT2D eigenvalue weighted by atomic mass is 9.73. The second-order valence-electron chi connectivity index (χ2n) is 8.55. The van der Waals surface area contributed by atoms with Gasteiger partial charge in [-0.2, -0.15) is 4.89 Å². The Bertz CT molecular complexity index is 1100. The highest BCUT2D eigenvalue weighted by Gasteiger charge is 2.70. The van der Waals surface area contributed by atoms with E-state index in [2.05, 4.69) is 0 Å². The lowest BCUT2D eigenvalue weighted by Crippen LogP contribution is -2.53. The van der Waals surface area contributed by atoms with Crippen LogP contribution in [0, 0.1) is 18.2 Å². The van der Waals surface area contributed by atoms with E-state index < -0.39 is 30.6 Å². The van der Waals surface area contributed by atoms with E-state index in [0.717, 1.165) is 31.0 Å². The summed E-state index contributed by atoms with van der Waals surface area (Å²) in [6.07, 6.45) is 8.62. The summed E-state index contributed by atoms with van der Waals surface area (Å²) in [5.74, 6) is -0.578. The number of hydrogen-bond donors (Lipinski definition) is 3. The molecule has 1 aromatic carbocycles. The maximum Gasteiger partial charge on any atom is 0.541 e. The van der Waals surface area contributed by atoms with Crippen LogP contribution in [0.25, 0.3) is 11.1 Å². The molecule has 8 heteroatoms. The van der Waals surface area contributed by atoms with Crippen LogP contribution in [-0.2, 0) is 27.8 Å². The van der Waals surface area contributed by atoms with E-state index in [1.165, 1.54) is 12.1 Å². The number of aromatic nitrogens is 1. The van der Waals surface area contributed by atoms with Crippen LogP contribution < -0.4 is 0 Å². The molecular weight excluding hydrogens is 432 g/mol. The molecule has 0 saturated heterocycles. The second-order valence-corrected chi connectivity index (χ2v) is 9.76. The number of carboxylic acid groups (broad SMARTS) is 1. The SMILES string of the molecule is C#CC(C(=O)O)([P+](=O)O)C(C)(O)c1c(C(C)C)nc2c(c1-c1ccc(F)cc1)CCCC2. The first-order valence-electron chi connectivity index (χ1n) is 10.4. The van der Waals surface area contributed by atoms with Crippen LogP contribution >= 0.6 is 8.03 Å². The minimum absolute atomic E-state index is 0.0949. The molecule has 1 aromatic heterocycles. The molecule has 0 radical (unpaired) electrons. The highest BCUT2D eigenvalue weighted by molar-refractivity contribution is 7.42. The summed E-state index contributed by atoms with van der Waals surface area (Å²) < 4.78 is 26.1. The molecule has 0 bridgehead atoms.